The molecule has 246 valence electrons. The molecule has 0 aromatic heterocycles. The van der Waals surface area contributed by atoms with Crippen LogP contribution in [0.15, 0.2) is 218 Å². The third kappa shape index (κ3) is 5.67. The number of nitrogens with zero attached hydrogens (tertiary/aromatic N) is 2. The molecular weight excluding hydrogens is 629 g/mol. The predicted octanol–water partition coefficient (Wildman–Crippen LogP) is 14.3. The summed E-state index contributed by atoms with van der Waals surface area (Å²) in [7, 11) is 0. The fourth-order valence-corrected chi connectivity index (χ4v) is 7.57. The molecule has 0 bridgehead atoms. The van der Waals surface area contributed by atoms with Crippen LogP contribution in [0.1, 0.15) is 0 Å². The lowest BCUT2D eigenvalue weighted by Crippen LogP contribution is -2.16. The number of rotatable bonds is 8. The van der Waals surface area contributed by atoms with Crippen LogP contribution in [-0.4, -0.2) is 0 Å². The van der Waals surface area contributed by atoms with E-state index in [1.54, 1.807) is 0 Å². The lowest BCUT2D eigenvalue weighted by Gasteiger charge is -2.33. The normalized spacial score (nSPS) is 11.1. The van der Waals surface area contributed by atoms with E-state index in [1.807, 2.05) is 0 Å². The van der Waals surface area contributed by atoms with Gasteiger partial charge in [-0.25, -0.2) is 0 Å². The highest BCUT2D eigenvalue weighted by Crippen LogP contribution is 2.49. The second-order valence-corrected chi connectivity index (χ2v) is 12.9. The van der Waals surface area contributed by atoms with E-state index in [-0.39, 0.29) is 0 Å². The summed E-state index contributed by atoms with van der Waals surface area (Å²) in [5.74, 6) is 0. The number of hydrogen-bond donors (Lipinski definition) is 0. The van der Waals surface area contributed by atoms with E-state index in [4.69, 9.17) is 0 Å². The van der Waals surface area contributed by atoms with Gasteiger partial charge in [0.15, 0.2) is 0 Å². The molecule has 0 aliphatic rings. The zero-order valence-corrected chi connectivity index (χ0v) is 28.7. The molecule has 9 aromatic carbocycles. The maximum Gasteiger partial charge on any atom is 0.0702 e. The van der Waals surface area contributed by atoms with E-state index in [0.29, 0.717) is 0 Å². The van der Waals surface area contributed by atoms with E-state index < -0.39 is 0 Å². The van der Waals surface area contributed by atoms with E-state index >= 15 is 0 Å². The molecule has 0 radical (unpaired) electrons. The SMILES string of the molecule is c1ccc(-c2c3ccccc3c(-c3ccccc3)c3cc(N(c4ccccc4)c4ccccc4N(c4ccccc4)c4ccccc4)ccc23)cc1. The lowest BCUT2D eigenvalue weighted by molar-refractivity contribution is 1.23. The second kappa shape index (κ2) is 13.8. The first-order valence-corrected chi connectivity index (χ1v) is 17.8. The summed E-state index contributed by atoms with van der Waals surface area (Å²) in [5, 5.41) is 4.93. The number of benzene rings is 9. The van der Waals surface area contributed by atoms with Gasteiger partial charge in [0.05, 0.1) is 11.4 Å². The minimum Gasteiger partial charge on any atom is -0.308 e. The highest BCUT2D eigenvalue weighted by atomic mass is 15.2. The zero-order valence-electron chi connectivity index (χ0n) is 28.7. The van der Waals surface area contributed by atoms with Crippen molar-refractivity contribution < 1.29 is 0 Å². The largest absolute Gasteiger partial charge is 0.308 e. The standard InChI is InChI=1S/C50H36N2/c1-6-20-37(21-7-1)49-43-30-16-17-31-44(43)50(38-22-8-2-9-23-38)46-36-42(34-35-45(46)49)52(41-28-14-5-15-29-41)48-33-19-18-32-47(48)51(39-24-10-3-11-25-39)40-26-12-4-13-27-40/h1-36H. The summed E-state index contributed by atoms with van der Waals surface area (Å²) in [6.07, 6.45) is 0. The Hall–Kier alpha value is -6.90. The molecular formula is C50H36N2. The number of hydrogen-bond acceptors (Lipinski definition) is 2. The van der Waals surface area contributed by atoms with Crippen molar-refractivity contribution in [2.75, 3.05) is 9.80 Å². The van der Waals surface area contributed by atoms with Crippen LogP contribution in [0.25, 0.3) is 43.8 Å². The van der Waals surface area contributed by atoms with Gasteiger partial charge in [0, 0.05) is 22.7 Å². The summed E-state index contributed by atoms with van der Waals surface area (Å²) in [6, 6.07) is 78.2. The summed E-state index contributed by atoms with van der Waals surface area (Å²) in [5.41, 5.74) is 11.4. The minimum atomic E-state index is 1.08. The molecule has 2 nitrogen and oxygen atoms in total. The topological polar surface area (TPSA) is 6.48 Å². The highest BCUT2D eigenvalue weighted by Gasteiger charge is 2.23. The minimum absolute atomic E-state index is 1.08. The molecule has 0 spiro atoms. The van der Waals surface area contributed by atoms with Gasteiger partial charge in [-0.15, -0.1) is 0 Å². The summed E-state index contributed by atoms with van der Waals surface area (Å²) in [4.78, 5) is 4.75. The molecule has 9 rings (SSSR count). The van der Waals surface area contributed by atoms with Crippen molar-refractivity contribution in [2.45, 2.75) is 0 Å². The van der Waals surface area contributed by atoms with Crippen molar-refractivity contribution in [3.63, 3.8) is 0 Å². The molecule has 52 heavy (non-hydrogen) atoms. The van der Waals surface area contributed by atoms with Crippen molar-refractivity contribution in [1.29, 1.82) is 0 Å². The Labute approximate surface area is 305 Å². The molecule has 0 atom stereocenters. The van der Waals surface area contributed by atoms with E-state index in [1.165, 1.54) is 43.8 Å². The summed E-state index contributed by atoms with van der Waals surface area (Å²) < 4.78 is 0. The van der Waals surface area contributed by atoms with Crippen molar-refractivity contribution in [3.8, 4) is 22.3 Å². The Kier molecular flexibility index (Phi) is 8.24. The fourth-order valence-electron chi connectivity index (χ4n) is 7.57. The molecule has 0 saturated carbocycles. The molecule has 0 fully saturated rings. The van der Waals surface area contributed by atoms with Gasteiger partial charge >= 0.3 is 0 Å². The molecule has 0 saturated heterocycles. The van der Waals surface area contributed by atoms with Gasteiger partial charge in [-0.2, -0.15) is 0 Å². The van der Waals surface area contributed by atoms with Crippen LogP contribution in [0.5, 0.6) is 0 Å². The van der Waals surface area contributed by atoms with Crippen LogP contribution in [0.4, 0.5) is 34.1 Å². The first kappa shape index (κ1) is 31.1. The molecule has 0 aliphatic carbocycles. The quantitative estimate of drug-likeness (QED) is 0.149. The molecule has 9 aromatic rings. The average Bonchev–Trinajstić information content (AvgIpc) is 3.22. The van der Waals surface area contributed by atoms with Crippen LogP contribution in [0, 0.1) is 0 Å². The Morgan fingerprint density at radius 2 is 0.558 bits per heavy atom. The smallest absolute Gasteiger partial charge is 0.0702 e. The third-order valence-electron chi connectivity index (χ3n) is 9.80. The van der Waals surface area contributed by atoms with Gasteiger partial charge in [-0.3, -0.25) is 0 Å². The molecule has 0 aliphatic heterocycles. The lowest BCUT2D eigenvalue weighted by atomic mass is 9.85. The van der Waals surface area contributed by atoms with E-state index in [0.717, 1.165) is 34.1 Å². The van der Waals surface area contributed by atoms with Crippen molar-refractivity contribution in [3.05, 3.63) is 218 Å². The molecule has 0 heterocycles. The van der Waals surface area contributed by atoms with Crippen LogP contribution in [0.2, 0.25) is 0 Å². The predicted molar refractivity (Wildman–Crippen MR) is 222 cm³/mol. The molecule has 0 amide bonds. The van der Waals surface area contributed by atoms with Gasteiger partial charge in [-0.05, 0) is 104 Å². The number of para-hydroxylation sites is 5. The molecule has 2 heteroatoms. The first-order chi connectivity index (χ1) is 25.8. The second-order valence-electron chi connectivity index (χ2n) is 12.9. The summed E-state index contributed by atoms with van der Waals surface area (Å²) in [6.45, 7) is 0. The van der Waals surface area contributed by atoms with E-state index in [2.05, 4.69) is 228 Å². The van der Waals surface area contributed by atoms with Crippen LogP contribution in [0.3, 0.4) is 0 Å². The molecule has 0 unspecified atom stereocenters. The van der Waals surface area contributed by atoms with Crippen LogP contribution in [-0.2, 0) is 0 Å². The Morgan fingerprint density at radius 3 is 1.00 bits per heavy atom. The van der Waals surface area contributed by atoms with Crippen LogP contribution >= 0.6 is 0 Å². The van der Waals surface area contributed by atoms with Crippen molar-refractivity contribution in [2.24, 2.45) is 0 Å². The van der Waals surface area contributed by atoms with Crippen molar-refractivity contribution in [1.82, 2.24) is 0 Å². The third-order valence-corrected chi connectivity index (χ3v) is 9.80. The van der Waals surface area contributed by atoms with Gasteiger partial charge in [0.2, 0.25) is 0 Å². The van der Waals surface area contributed by atoms with Gasteiger partial charge < -0.3 is 9.80 Å². The highest BCUT2D eigenvalue weighted by molar-refractivity contribution is 6.22. The number of fused-ring (bicyclic) bond motifs is 2. The Bertz CT molecular complexity index is 2560. The first-order valence-electron chi connectivity index (χ1n) is 17.8. The summed E-state index contributed by atoms with van der Waals surface area (Å²) >= 11 is 0. The van der Waals surface area contributed by atoms with E-state index in [9.17, 15) is 0 Å². The molecule has 0 N–H and O–H groups in total. The monoisotopic (exact) mass is 664 g/mol. The van der Waals surface area contributed by atoms with Gasteiger partial charge in [-0.1, -0.05) is 158 Å². The van der Waals surface area contributed by atoms with Crippen LogP contribution < -0.4 is 9.80 Å². The maximum absolute atomic E-state index is 2.40. The fraction of sp³-hybridized carbons (Fsp3) is 0. The maximum atomic E-state index is 2.40. The average molecular weight is 665 g/mol. The van der Waals surface area contributed by atoms with Gasteiger partial charge in [0.25, 0.3) is 0 Å². The van der Waals surface area contributed by atoms with Gasteiger partial charge in [0.1, 0.15) is 0 Å². The van der Waals surface area contributed by atoms with Crippen molar-refractivity contribution >= 4 is 55.7 Å². The number of anilines is 6. The Balaban J connectivity index is 1.35. The Morgan fingerprint density at radius 1 is 0.231 bits per heavy atom. The zero-order chi connectivity index (χ0) is 34.7.